The summed E-state index contributed by atoms with van der Waals surface area (Å²) in [5, 5.41) is 4.88. The summed E-state index contributed by atoms with van der Waals surface area (Å²) in [5.41, 5.74) is 5.50. The highest BCUT2D eigenvalue weighted by Crippen LogP contribution is 2.21. The van der Waals surface area contributed by atoms with Crippen LogP contribution in [0.15, 0.2) is 15.9 Å². The molecule has 0 aromatic carbocycles. The summed E-state index contributed by atoms with van der Waals surface area (Å²) in [6.07, 6.45) is 1.36. The number of nitrogens with one attached hydrogen (secondary N) is 1. The minimum absolute atomic E-state index is 0.0366. The van der Waals surface area contributed by atoms with E-state index in [4.69, 9.17) is 10.5 Å². The normalized spacial score (nSPS) is 23.9. The van der Waals surface area contributed by atoms with E-state index in [1.54, 1.807) is 11.3 Å². The van der Waals surface area contributed by atoms with Gasteiger partial charge in [0.25, 0.3) is 0 Å². The molecule has 17 heavy (non-hydrogen) atoms. The molecular formula is C11H15BrN2O2S. The topological polar surface area (TPSA) is 64.4 Å². The first-order valence-electron chi connectivity index (χ1n) is 5.55. The van der Waals surface area contributed by atoms with Crippen LogP contribution in [-0.4, -0.2) is 24.7 Å². The van der Waals surface area contributed by atoms with Gasteiger partial charge in [0.2, 0.25) is 5.91 Å². The zero-order valence-corrected chi connectivity index (χ0v) is 11.7. The van der Waals surface area contributed by atoms with Gasteiger partial charge in [-0.1, -0.05) is 0 Å². The van der Waals surface area contributed by atoms with E-state index in [0.717, 1.165) is 22.2 Å². The number of thiophene rings is 1. The molecule has 1 saturated heterocycles. The molecule has 2 rings (SSSR count). The Labute approximate surface area is 113 Å². The molecule has 1 aromatic heterocycles. The van der Waals surface area contributed by atoms with Crippen LogP contribution in [0, 0.1) is 0 Å². The van der Waals surface area contributed by atoms with Gasteiger partial charge in [0.15, 0.2) is 0 Å². The van der Waals surface area contributed by atoms with Crippen molar-refractivity contribution in [3.8, 4) is 0 Å². The lowest BCUT2D eigenvalue weighted by molar-refractivity contribution is -0.132. The van der Waals surface area contributed by atoms with Gasteiger partial charge in [-0.05, 0) is 34.8 Å². The van der Waals surface area contributed by atoms with Crippen molar-refractivity contribution in [1.29, 1.82) is 0 Å². The van der Waals surface area contributed by atoms with Gasteiger partial charge >= 0.3 is 0 Å². The van der Waals surface area contributed by atoms with Gasteiger partial charge in [0, 0.05) is 21.3 Å². The third-order valence-electron chi connectivity index (χ3n) is 2.72. The highest BCUT2D eigenvalue weighted by Gasteiger charge is 2.29. The van der Waals surface area contributed by atoms with Crippen LogP contribution in [-0.2, 0) is 16.1 Å². The molecule has 2 heterocycles. The van der Waals surface area contributed by atoms with Crippen LogP contribution in [0.3, 0.4) is 0 Å². The molecule has 1 amide bonds. The molecule has 1 fully saturated rings. The first kappa shape index (κ1) is 13.0. The smallest absolute Gasteiger partial charge is 0.249 e. The molecule has 0 radical (unpaired) electrons. The van der Waals surface area contributed by atoms with Crippen LogP contribution in [0.5, 0.6) is 0 Å². The van der Waals surface area contributed by atoms with E-state index in [1.807, 2.05) is 11.4 Å². The van der Waals surface area contributed by atoms with E-state index in [-0.39, 0.29) is 18.1 Å². The predicted octanol–water partition coefficient (Wildman–Crippen LogP) is 1.63. The summed E-state index contributed by atoms with van der Waals surface area (Å²) in [6.45, 7) is 1.05. The number of halogens is 1. The lowest BCUT2D eigenvalue weighted by Crippen LogP contribution is -2.34. The molecule has 0 saturated carbocycles. The molecule has 6 heteroatoms. The zero-order chi connectivity index (χ0) is 12.3. The fourth-order valence-electron chi connectivity index (χ4n) is 1.81. The lowest BCUT2D eigenvalue weighted by Gasteiger charge is -2.12. The number of carbonyl (C=O) groups excluding carboxylic acids is 1. The Morgan fingerprint density at radius 2 is 2.47 bits per heavy atom. The van der Waals surface area contributed by atoms with Gasteiger partial charge in [-0.2, -0.15) is 0 Å². The SMILES string of the molecule is NCC1CCC(C(=O)NCc2cc(Br)cs2)O1. The summed E-state index contributed by atoms with van der Waals surface area (Å²) in [5.74, 6) is -0.0366. The first-order chi connectivity index (χ1) is 8.19. The summed E-state index contributed by atoms with van der Waals surface area (Å²) < 4.78 is 6.57. The fraction of sp³-hybridized carbons (Fsp3) is 0.545. The van der Waals surface area contributed by atoms with Crippen molar-refractivity contribution >= 4 is 33.2 Å². The predicted molar refractivity (Wildman–Crippen MR) is 70.8 cm³/mol. The molecule has 4 nitrogen and oxygen atoms in total. The second-order valence-corrected chi connectivity index (χ2v) is 5.92. The molecule has 2 unspecified atom stereocenters. The van der Waals surface area contributed by atoms with Crippen molar-refractivity contribution in [2.75, 3.05) is 6.54 Å². The van der Waals surface area contributed by atoms with Gasteiger partial charge < -0.3 is 15.8 Å². The Morgan fingerprint density at radius 1 is 1.65 bits per heavy atom. The zero-order valence-electron chi connectivity index (χ0n) is 9.32. The minimum Gasteiger partial charge on any atom is -0.364 e. The number of rotatable bonds is 4. The molecule has 1 aliphatic heterocycles. The van der Waals surface area contributed by atoms with Gasteiger partial charge in [-0.3, -0.25) is 4.79 Å². The maximum atomic E-state index is 11.8. The number of nitrogens with two attached hydrogens (primary N) is 1. The quantitative estimate of drug-likeness (QED) is 0.887. The van der Waals surface area contributed by atoms with E-state index in [0.29, 0.717) is 13.1 Å². The lowest BCUT2D eigenvalue weighted by atomic mass is 10.2. The van der Waals surface area contributed by atoms with Gasteiger partial charge in [0.1, 0.15) is 6.10 Å². The van der Waals surface area contributed by atoms with Crippen molar-refractivity contribution in [1.82, 2.24) is 5.32 Å². The van der Waals surface area contributed by atoms with Crippen molar-refractivity contribution < 1.29 is 9.53 Å². The summed E-state index contributed by atoms with van der Waals surface area (Å²) >= 11 is 5.00. The Kier molecular flexibility index (Phi) is 4.55. The largest absolute Gasteiger partial charge is 0.364 e. The third-order valence-corrected chi connectivity index (χ3v) is 4.42. The van der Waals surface area contributed by atoms with Crippen LogP contribution in [0.25, 0.3) is 0 Å². The Morgan fingerprint density at radius 3 is 3.06 bits per heavy atom. The summed E-state index contributed by atoms with van der Waals surface area (Å²) in [6, 6.07) is 2.00. The third kappa shape index (κ3) is 3.51. The maximum Gasteiger partial charge on any atom is 0.249 e. The molecule has 94 valence electrons. The number of ether oxygens (including phenoxy) is 1. The molecule has 2 atom stereocenters. The first-order valence-corrected chi connectivity index (χ1v) is 7.22. The van der Waals surface area contributed by atoms with Crippen LogP contribution >= 0.6 is 27.3 Å². The molecule has 0 aliphatic carbocycles. The number of hydrogen-bond acceptors (Lipinski definition) is 4. The van der Waals surface area contributed by atoms with E-state index >= 15 is 0 Å². The standard InChI is InChI=1S/C11H15BrN2O2S/c12-7-3-9(17-6-7)5-14-11(15)10-2-1-8(4-13)16-10/h3,6,8,10H,1-2,4-5,13H2,(H,14,15). The van der Waals surface area contributed by atoms with Gasteiger partial charge in [0.05, 0.1) is 12.6 Å². The Hall–Kier alpha value is -0.430. The van der Waals surface area contributed by atoms with Gasteiger partial charge in [-0.15, -0.1) is 11.3 Å². The average molecular weight is 319 g/mol. The van der Waals surface area contributed by atoms with Crippen LogP contribution in [0.4, 0.5) is 0 Å². The number of hydrogen-bond donors (Lipinski definition) is 2. The Balaban J connectivity index is 1.78. The molecule has 0 spiro atoms. The molecular weight excluding hydrogens is 304 g/mol. The second kappa shape index (κ2) is 5.95. The van der Waals surface area contributed by atoms with Crippen molar-refractivity contribution in [3.63, 3.8) is 0 Å². The minimum atomic E-state index is -0.327. The van der Waals surface area contributed by atoms with Crippen molar-refractivity contribution in [2.45, 2.75) is 31.6 Å². The number of carbonyl (C=O) groups is 1. The molecule has 1 aromatic rings. The van der Waals surface area contributed by atoms with Crippen LogP contribution < -0.4 is 11.1 Å². The summed E-state index contributed by atoms with van der Waals surface area (Å²) in [4.78, 5) is 12.9. The monoisotopic (exact) mass is 318 g/mol. The van der Waals surface area contributed by atoms with E-state index < -0.39 is 0 Å². The van der Waals surface area contributed by atoms with Crippen molar-refractivity contribution in [2.24, 2.45) is 5.73 Å². The van der Waals surface area contributed by atoms with E-state index in [9.17, 15) is 4.79 Å². The Bertz CT molecular complexity index is 397. The highest BCUT2D eigenvalue weighted by atomic mass is 79.9. The van der Waals surface area contributed by atoms with Crippen LogP contribution in [0.2, 0.25) is 0 Å². The van der Waals surface area contributed by atoms with E-state index in [1.165, 1.54) is 0 Å². The average Bonchev–Trinajstić information content (AvgIpc) is 2.94. The molecule has 0 bridgehead atoms. The number of amides is 1. The maximum absolute atomic E-state index is 11.8. The van der Waals surface area contributed by atoms with Gasteiger partial charge in [-0.25, -0.2) is 0 Å². The van der Waals surface area contributed by atoms with E-state index in [2.05, 4.69) is 21.2 Å². The van der Waals surface area contributed by atoms with Crippen molar-refractivity contribution in [3.05, 3.63) is 20.8 Å². The molecule has 3 N–H and O–H groups in total. The molecule has 1 aliphatic rings. The fourth-order valence-corrected chi connectivity index (χ4v) is 3.20. The second-order valence-electron chi connectivity index (χ2n) is 4.01. The van der Waals surface area contributed by atoms with Crippen LogP contribution in [0.1, 0.15) is 17.7 Å². The summed E-state index contributed by atoms with van der Waals surface area (Å²) in [7, 11) is 0. The highest BCUT2D eigenvalue weighted by molar-refractivity contribution is 9.10.